The molecule has 1 rings (SSSR count). The van der Waals surface area contributed by atoms with Crippen molar-refractivity contribution in [3.05, 3.63) is 23.8 Å². The van der Waals surface area contributed by atoms with Crippen molar-refractivity contribution in [3.8, 4) is 11.5 Å². The summed E-state index contributed by atoms with van der Waals surface area (Å²) in [6.07, 6.45) is -3.20. The van der Waals surface area contributed by atoms with E-state index in [-0.39, 0.29) is 24.5 Å². The number of ether oxygens (including phenoxy) is 6. The van der Waals surface area contributed by atoms with Crippen molar-refractivity contribution in [1.82, 2.24) is 0 Å². The van der Waals surface area contributed by atoms with Crippen molar-refractivity contribution in [2.75, 3.05) is 6.61 Å². The molecule has 0 saturated heterocycles. The number of hydrogen-bond acceptors (Lipinski definition) is 11. The summed E-state index contributed by atoms with van der Waals surface area (Å²) in [4.78, 5) is 48.3. The maximum absolute atomic E-state index is 12.4. The van der Waals surface area contributed by atoms with E-state index in [9.17, 15) is 24.3 Å². The van der Waals surface area contributed by atoms with E-state index in [0.717, 1.165) is 0 Å². The summed E-state index contributed by atoms with van der Waals surface area (Å²) in [6.45, 7) is 13.4. The average Bonchev–Trinajstić information content (AvgIpc) is 2.74. The number of nitrogens with two attached hydrogens (primary N) is 1. The van der Waals surface area contributed by atoms with Crippen LogP contribution in [-0.2, 0) is 23.7 Å². The summed E-state index contributed by atoms with van der Waals surface area (Å²) < 4.78 is 31.0. The minimum absolute atomic E-state index is 0.00710. The molecule has 0 saturated carbocycles. The molecule has 12 nitrogen and oxygen atoms in total. The van der Waals surface area contributed by atoms with Gasteiger partial charge in [0.25, 0.3) is 0 Å². The Hall–Kier alpha value is -3.54. The van der Waals surface area contributed by atoms with Crippen LogP contribution in [0.25, 0.3) is 0 Å². The highest BCUT2D eigenvalue weighted by atomic mass is 16.8. The molecule has 38 heavy (non-hydrogen) atoms. The standard InChI is InChI=1S/C26H39NO11/c1-9-12-33-22(30)34-15(2)13-17(20(27)21(28)29)16-10-11-18(35-23(31)37-25(3,4)5)19(14-16)36-24(32)38-26(6,7)8/h10-11,14-15,17,20H,9,12-13,27H2,1-8H3,(H,28,29)/t15?,17?,20-/m0/s1. The van der Waals surface area contributed by atoms with Gasteiger partial charge in [-0.05, 0) is 79.0 Å². The van der Waals surface area contributed by atoms with Crippen LogP contribution in [0.1, 0.15) is 79.7 Å². The highest BCUT2D eigenvalue weighted by Crippen LogP contribution is 2.35. The molecule has 0 amide bonds. The molecule has 2 unspecified atom stereocenters. The second-order valence-corrected chi connectivity index (χ2v) is 10.6. The highest BCUT2D eigenvalue weighted by molar-refractivity contribution is 5.75. The SMILES string of the molecule is CCCOC(=O)OC(C)CC(c1ccc(OC(=O)OC(C)(C)C)c(OC(=O)OC(C)(C)C)c1)[C@H](N)C(=O)O. The van der Waals surface area contributed by atoms with E-state index in [0.29, 0.717) is 12.0 Å². The minimum atomic E-state index is -1.42. The summed E-state index contributed by atoms with van der Waals surface area (Å²) in [7, 11) is 0. The zero-order valence-electron chi connectivity index (χ0n) is 23.2. The number of hydrogen-bond donors (Lipinski definition) is 2. The third kappa shape index (κ3) is 12.1. The van der Waals surface area contributed by atoms with E-state index in [1.54, 1.807) is 48.5 Å². The number of carbonyl (C=O) groups excluding carboxylic acids is 3. The fourth-order valence-corrected chi connectivity index (χ4v) is 3.09. The van der Waals surface area contributed by atoms with Crippen molar-refractivity contribution < 1.29 is 52.7 Å². The van der Waals surface area contributed by atoms with Gasteiger partial charge in [0.15, 0.2) is 11.5 Å². The topological polar surface area (TPSA) is 170 Å². The van der Waals surface area contributed by atoms with E-state index in [2.05, 4.69) is 0 Å². The third-order valence-electron chi connectivity index (χ3n) is 4.59. The van der Waals surface area contributed by atoms with Gasteiger partial charge >= 0.3 is 24.4 Å². The second-order valence-electron chi connectivity index (χ2n) is 10.6. The Morgan fingerprint density at radius 2 is 1.42 bits per heavy atom. The molecule has 0 aliphatic heterocycles. The zero-order chi connectivity index (χ0) is 29.3. The van der Waals surface area contributed by atoms with Gasteiger partial charge in [-0.1, -0.05) is 13.0 Å². The summed E-state index contributed by atoms with van der Waals surface area (Å²) in [5, 5.41) is 9.60. The number of carboxylic acids is 1. The number of benzene rings is 1. The first kappa shape index (κ1) is 32.5. The van der Waals surface area contributed by atoms with Gasteiger partial charge in [-0.25, -0.2) is 14.4 Å². The molecule has 0 bridgehead atoms. The van der Waals surface area contributed by atoms with Crippen molar-refractivity contribution in [1.29, 1.82) is 0 Å². The summed E-state index contributed by atoms with van der Waals surface area (Å²) >= 11 is 0. The zero-order valence-corrected chi connectivity index (χ0v) is 23.2. The van der Waals surface area contributed by atoms with Gasteiger partial charge in [-0.3, -0.25) is 4.79 Å². The second kappa shape index (κ2) is 13.8. The normalized spacial score (nSPS) is 13.9. The summed E-state index contributed by atoms with van der Waals surface area (Å²) in [6, 6.07) is 2.65. The maximum atomic E-state index is 12.4. The van der Waals surface area contributed by atoms with Crippen molar-refractivity contribution in [2.24, 2.45) is 5.73 Å². The molecule has 0 aromatic heterocycles. The van der Waals surface area contributed by atoms with Crippen molar-refractivity contribution >= 4 is 24.4 Å². The van der Waals surface area contributed by atoms with Crippen molar-refractivity contribution in [3.63, 3.8) is 0 Å². The Kier molecular flexibility index (Phi) is 11.8. The van der Waals surface area contributed by atoms with Gasteiger partial charge in [0.05, 0.1) is 6.61 Å². The molecule has 3 N–H and O–H groups in total. The molecule has 3 atom stereocenters. The van der Waals surface area contributed by atoms with Gasteiger partial charge in [-0.15, -0.1) is 0 Å². The largest absolute Gasteiger partial charge is 0.514 e. The van der Waals surface area contributed by atoms with Crippen LogP contribution < -0.4 is 15.2 Å². The Bertz CT molecular complexity index is 978. The smallest absolute Gasteiger partial charge is 0.480 e. The molecule has 0 fully saturated rings. The minimum Gasteiger partial charge on any atom is -0.480 e. The fourth-order valence-electron chi connectivity index (χ4n) is 3.09. The first-order valence-corrected chi connectivity index (χ1v) is 12.2. The van der Waals surface area contributed by atoms with Gasteiger partial charge in [0.2, 0.25) is 0 Å². The average molecular weight is 542 g/mol. The van der Waals surface area contributed by atoms with Crippen LogP contribution in [0.15, 0.2) is 18.2 Å². The quantitative estimate of drug-likeness (QED) is 0.227. The lowest BCUT2D eigenvalue weighted by atomic mass is 9.87. The molecular formula is C26H39NO11. The lowest BCUT2D eigenvalue weighted by Crippen LogP contribution is -2.38. The Labute approximate surface area is 222 Å². The molecule has 214 valence electrons. The van der Waals surface area contributed by atoms with Gasteiger partial charge in [0.1, 0.15) is 23.3 Å². The molecule has 0 aliphatic carbocycles. The Morgan fingerprint density at radius 3 is 1.89 bits per heavy atom. The van der Waals surface area contributed by atoms with E-state index in [1.165, 1.54) is 18.2 Å². The molecule has 0 aliphatic rings. The molecule has 1 aromatic rings. The van der Waals surface area contributed by atoms with Gasteiger partial charge in [-0.2, -0.15) is 0 Å². The lowest BCUT2D eigenvalue weighted by molar-refractivity contribution is -0.139. The summed E-state index contributed by atoms with van der Waals surface area (Å²) in [5.41, 5.74) is 4.55. The molecule has 0 radical (unpaired) electrons. The van der Waals surface area contributed by atoms with Crippen LogP contribution in [0.4, 0.5) is 14.4 Å². The summed E-state index contributed by atoms with van der Waals surface area (Å²) in [5.74, 6) is -2.62. The number of carbonyl (C=O) groups is 4. The highest BCUT2D eigenvalue weighted by Gasteiger charge is 2.31. The predicted molar refractivity (Wildman–Crippen MR) is 135 cm³/mol. The number of aliphatic carboxylic acids is 1. The van der Waals surface area contributed by atoms with Crippen LogP contribution in [0.5, 0.6) is 11.5 Å². The Balaban J connectivity index is 3.36. The van der Waals surface area contributed by atoms with E-state index in [1.807, 2.05) is 6.92 Å². The fraction of sp³-hybridized carbons (Fsp3) is 0.615. The number of rotatable bonds is 10. The van der Waals surface area contributed by atoms with Crippen molar-refractivity contribution in [2.45, 2.75) is 97.5 Å². The number of carboxylic acid groups (broad SMARTS) is 1. The molecule has 0 heterocycles. The van der Waals surface area contributed by atoms with Crippen LogP contribution in [0.2, 0.25) is 0 Å². The molecular weight excluding hydrogens is 502 g/mol. The molecule has 1 aromatic carbocycles. The predicted octanol–water partition coefficient (Wildman–Crippen LogP) is 5.15. The Morgan fingerprint density at radius 1 is 0.895 bits per heavy atom. The van der Waals surface area contributed by atoms with E-state index in [4.69, 9.17) is 34.2 Å². The van der Waals surface area contributed by atoms with E-state index < -0.39 is 53.7 Å². The van der Waals surface area contributed by atoms with Gasteiger partial charge < -0.3 is 39.3 Å². The molecule has 0 spiro atoms. The first-order valence-electron chi connectivity index (χ1n) is 12.2. The van der Waals surface area contributed by atoms with Crippen LogP contribution in [-0.4, -0.2) is 59.5 Å². The van der Waals surface area contributed by atoms with E-state index >= 15 is 0 Å². The molecule has 12 heteroatoms. The van der Waals surface area contributed by atoms with Crippen LogP contribution in [0.3, 0.4) is 0 Å². The lowest BCUT2D eigenvalue weighted by Gasteiger charge is -2.25. The monoisotopic (exact) mass is 541 g/mol. The third-order valence-corrected chi connectivity index (χ3v) is 4.59. The van der Waals surface area contributed by atoms with Crippen LogP contribution in [0, 0.1) is 0 Å². The van der Waals surface area contributed by atoms with Crippen LogP contribution >= 0.6 is 0 Å². The van der Waals surface area contributed by atoms with Gasteiger partial charge in [0, 0.05) is 5.92 Å². The maximum Gasteiger partial charge on any atom is 0.514 e. The first-order chi connectivity index (χ1) is 17.4.